The molecule has 0 aliphatic carbocycles. The third kappa shape index (κ3) is 4.79. The third-order valence-electron chi connectivity index (χ3n) is 3.90. The first-order chi connectivity index (χ1) is 12.6. The van der Waals surface area contributed by atoms with Crippen LogP contribution in [0.4, 0.5) is 10.3 Å². The van der Waals surface area contributed by atoms with Gasteiger partial charge in [0.1, 0.15) is 17.3 Å². The zero-order valence-corrected chi connectivity index (χ0v) is 14.8. The first kappa shape index (κ1) is 17.9. The van der Waals surface area contributed by atoms with Crippen LogP contribution in [0.3, 0.4) is 0 Å². The summed E-state index contributed by atoms with van der Waals surface area (Å²) in [6.07, 6.45) is 4.65. The Labute approximate surface area is 153 Å². The maximum absolute atomic E-state index is 12.9. The van der Waals surface area contributed by atoms with Gasteiger partial charge in [0.15, 0.2) is 0 Å². The number of hydrogen-bond acceptors (Lipinski definition) is 4. The summed E-state index contributed by atoms with van der Waals surface area (Å²) in [5, 5.41) is 3.31. The van der Waals surface area contributed by atoms with Crippen LogP contribution in [0.5, 0.6) is 11.5 Å². The maximum Gasteiger partial charge on any atom is 0.223 e. The second kappa shape index (κ2) is 8.43. The summed E-state index contributed by atoms with van der Waals surface area (Å²) >= 11 is 0. The lowest BCUT2D eigenvalue weighted by Crippen LogP contribution is -2.10. The number of anilines is 1. The van der Waals surface area contributed by atoms with Gasteiger partial charge in [0.25, 0.3) is 0 Å². The minimum atomic E-state index is -0.282. The monoisotopic (exact) mass is 350 g/mol. The number of nitrogens with zero attached hydrogens (tertiary/aromatic N) is 2. The summed E-state index contributed by atoms with van der Waals surface area (Å²) in [7, 11) is 0. The van der Waals surface area contributed by atoms with E-state index in [1.165, 1.54) is 12.1 Å². The predicted molar refractivity (Wildman–Crippen MR) is 101 cm³/mol. The third-order valence-corrected chi connectivity index (χ3v) is 3.90. The Morgan fingerprint density at radius 2 is 1.69 bits per heavy atom. The molecule has 2 aromatic carbocycles. The van der Waals surface area contributed by atoms with Crippen molar-refractivity contribution in [3.63, 3.8) is 0 Å². The summed E-state index contributed by atoms with van der Waals surface area (Å²) in [4.78, 5) is 8.78. The van der Waals surface area contributed by atoms with Crippen LogP contribution in [0.1, 0.15) is 31.1 Å². The molecule has 0 spiro atoms. The van der Waals surface area contributed by atoms with Crippen molar-refractivity contribution >= 4 is 5.95 Å². The fraction of sp³-hybridized carbons (Fsp3) is 0.190. The SMILES string of the molecule is C[CH]Cc1ccnc(N[C@@H](C)c2ccc(Oc3ccc(F)cc3)cc2)n1. The van der Waals surface area contributed by atoms with Gasteiger partial charge in [0.2, 0.25) is 5.95 Å². The van der Waals surface area contributed by atoms with E-state index in [0.29, 0.717) is 17.4 Å². The molecule has 0 saturated carbocycles. The molecular weight excluding hydrogens is 329 g/mol. The van der Waals surface area contributed by atoms with Crippen molar-refractivity contribution in [2.24, 2.45) is 0 Å². The highest BCUT2D eigenvalue weighted by Gasteiger charge is 2.08. The van der Waals surface area contributed by atoms with Crippen LogP contribution in [0.15, 0.2) is 60.8 Å². The van der Waals surface area contributed by atoms with Crippen LogP contribution in [0.2, 0.25) is 0 Å². The lowest BCUT2D eigenvalue weighted by atomic mass is 10.1. The molecule has 3 aromatic rings. The van der Waals surface area contributed by atoms with Gasteiger partial charge in [-0.2, -0.15) is 0 Å². The zero-order chi connectivity index (χ0) is 18.4. The van der Waals surface area contributed by atoms with E-state index >= 15 is 0 Å². The predicted octanol–water partition coefficient (Wildman–Crippen LogP) is 5.35. The smallest absolute Gasteiger partial charge is 0.223 e. The largest absolute Gasteiger partial charge is 0.457 e. The lowest BCUT2D eigenvalue weighted by Gasteiger charge is -2.15. The highest BCUT2D eigenvalue weighted by atomic mass is 19.1. The van der Waals surface area contributed by atoms with Crippen LogP contribution in [0, 0.1) is 12.2 Å². The van der Waals surface area contributed by atoms with E-state index in [1.54, 1.807) is 18.3 Å². The Balaban J connectivity index is 1.64. The van der Waals surface area contributed by atoms with Crippen LogP contribution in [-0.4, -0.2) is 9.97 Å². The fourth-order valence-corrected chi connectivity index (χ4v) is 2.53. The Bertz CT molecular complexity index is 835. The molecule has 0 bridgehead atoms. The van der Waals surface area contributed by atoms with E-state index in [2.05, 4.69) is 28.6 Å². The molecule has 26 heavy (non-hydrogen) atoms. The van der Waals surface area contributed by atoms with E-state index in [-0.39, 0.29) is 11.9 Å². The molecule has 0 unspecified atom stereocenters. The molecule has 1 radical (unpaired) electrons. The Morgan fingerprint density at radius 1 is 1.04 bits per heavy atom. The van der Waals surface area contributed by atoms with Crippen molar-refractivity contribution in [2.45, 2.75) is 26.3 Å². The van der Waals surface area contributed by atoms with Crippen molar-refractivity contribution in [3.05, 3.63) is 84.3 Å². The van der Waals surface area contributed by atoms with Gasteiger partial charge in [-0.3, -0.25) is 0 Å². The van der Waals surface area contributed by atoms with E-state index in [1.807, 2.05) is 37.3 Å². The quantitative estimate of drug-likeness (QED) is 0.624. The number of ether oxygens (including phenoxy) is 1. The molecule has 3 rings (SSSR count). The average Bonchev–Trinajstić information content (AvgIpc) is 2.65. The number of nitrogens with one attached hydrogen (secondary N) is 1. The molecule has 0 fully saturated rings. The molecule has 1 aromatic heterocycles. The highest BCUT2D eigenvalue weighted by molar-refractivity contribution is 5.37. The number of halogens is 1. The molecule has 0 aliphatic heterocycles. The van der Waals surface area contributed by atoms with E-state index in [9.17, 15) is 4.39 Å². The molecule has 133 valence electrons. The molecule has 1 N–H and O–H groups in total. The second-order valence-electron chi connectivity index (χ2n) is 5.98. The van der Waals surface area contributed by atoms with Gasteiger partial charge in [-0.05, 0) is 67.8 Å². The van der Waals surface area contributed by atoms with Crippen LogP contribution < -0.4 is 10.1 Å². The number of aromatic nitrogens is 2. The van der Waals surface area contributed by atoms with E-state index in [0.717, 1.165) is 17.7 Å². The Morgan fingerprint density at radius 3 is 2.35 bits per heavy atom. The lowest BCUT2D eigenvalue weighted by molar-refractivity contribution is 0.480. The van der Waals surface area contributed by atoms with Gasteiger partial charge < -0.3 is 10.1 Å². The minimum Gasteiger partial charge on any atom is -0.457 e. The summed E-state index contributed by atoms with van der Waals surface area (Å²) < 4.78 is 18.7. The van der Waals surface area contributed by atoms with Crippen LogP contribution >= 0.6 is 0 Å². The van der Waals surface area contributed by atoms with Crippen molar-refractivity contribution < 1.29 is 9.13 Å². The van der Waals surface area contributed by atoms with Crippen LogP contribution in [0.25, 0.3) is 0 Å². The van der Waals surface area contributed by atoms with E-state index in [4.69, 9.17) is 4.74 Å². The van der Waals surface area contributed by atoms with Crippen molar-refractivity contribution in [3.8, 4) is 11.5 Å². The van der Waals surface area contributed by atoms with Crippen LogP contribution in [-0.2, 0) is 6.42 Å². The number of benzene rings is 2. The summed E-state index contributed by atoms with van der Waals surface area (Å²) in [5.74, 6) is 1.63. The zero-order valence-electron chi connectivity index (χ0n) is 14.8. The van der Waals surface area contributed by atoms with Gasteiger partial charge in [-0.15, -0.1) is 0 Å². The summed E-state index contributed by atoms with van der Waals surface area (Å²) in [5.41, 5.74) is 2.08. The Kier molecular flexibility index (Phi) is 5.79. The van der Waals surface area contributed by atoms with Crippen molar-refractivity contribution in [2.75, 3.05) is 5.32 Å². The molecule has 4 nitrogen and oxygen atoms in total. The van der Waals surface area contributed by atoms with Gasteiger partial charge in [0, 0.05) is 11.9 Å². The molecular formula is C21H21FN3O. The molecule has 1 atom stereocenters. The number of rotatable bonds is 7. The van der Waals surface area contributed by atoms with Gasteiger partial charge in [-0.1, -0.05) is 19.1 Å². The average molecular weight is 350 g/mol. The maximum atomic E-state index is 12.9. The summed E-state index contributed by atoms with van der Waals surface area (Å²) in [6.45, 7) is 4.06. The minimum absolute atomic E-state index is 0.0516. The fourth-order valence-electron chi connectivity index (χ4n) is 2.53. The molecule has 0 amide bonds. The molecule has 0 aliphatic rings. The topological polar surface area (TPSA) is 47.0 Å². The normalized spacial score (nSPS) is 11.8. The number of hydrogen-bond donors (Lipinski definition) is 1. The van der Waals surface area contributed by atoms with E-state index < -0.39 is 0 Å². The first-order valence-electron chi connectivity index (χ1n) is 8.53. The molecule has 1 heterocycles. The van der Waals surface area contributed by atoms with Gasteiger partial charge in [-0.25, -0.2) is 14.4 Å². The van der Waals surface area contributed by atoms with Crippen molar-refractivity contribution in [1.29, 1.82) is 0 Å². The van der Waals surface area contributed by atoms with Gasteiger partial charge >= 0.3 is 0 Å². The standard InChI is InChI=1S/C21H21FN3O/c1-3-4-18-13-14-23-21(25-18)24-15(2)16-5-9-19(10-6-16)26-20-11-7-17(22)8-12-20/h3,5-15H,4H2,1-2H3,(H,23,24,25)/t15-/m0/s1. The second-order valence-corrected chi connectivity index (χ2v) is 5.98. The molecule has 0 saturated heterocycles. The molecule has 5 heteroatoms. The highest BCUT2D eigenvalue weighted by Crippen LogP contribution is 2.24. The summed E-state index contributed by atoms with van der Waals surface area (Å²) in [6, 6.07) is 15.7. The first-order valence-corrected chi connectivity index (χ1v) is 8.53. The van der Waals surface area contributed by atoms with Crippen molar-refractivity contribution in [1.82, 2.24) is 9.97 Å². The Hall–Kier alpha value is -2.95. The van der Waals surface area contributed by atoms with Gasteiger partial charge in [0.05, 0.1) is 6.04 Å².